The van der Waals surface area contributed by atoms with Gasteiger partial charge in [0.15, 0.2) is 0 Å². The molecule has 2 unspecified atom stereocenters. The van der Waals surface area contributed by atoms with Gasteiger partial charge in [-0.05, 0) is 48.9 Å². The van der Waals surface area contributed by atoms with Gasteiger partial charge >= 0.3 is 0 Å². The van der Waals surface area contributed by atoms with Crippen LogP contribution >= 0.6 is 0 Å². The number of methoxy groups -OCH3 is 1. The first kappa shape index (κ1) is 13.2. The van der Waals surface area contributed by atoms with Crippen molar-refractivity contribution < 1.29 is 9.84 Å². The Labute approximate surface area is 109 Å². The second-order valence-electron chi connectivity index (χ2n) is 5.10. The second-order valence-corrected chi connectivity index (χ2v) is 5.10. The Morgan fingerprint density at radius 1 is 1.17 bits per heavy atom. The van der Waals surface area contributed by atoms with Crippen molar-refractivity contribution in [3.63, 3.8) is 0 Å². The molecule has 2 N–H and O–H groups in total. The molecule has 1 saturated carbocycles. The second kappa shape index (κ2) is 6.64. The van der Waals surface area contributed by atoms with Gasteiger partial charge in [-0.1, -0.05) is 12.8 Å². The van der Waals surface area contributed by atoms with Crippen LogP contribution in [0.1, 0.15) is 25.7 Å². The predicted molar refractivity (Wildman–Crippen MR) is 74.0 cm³/mol. The predicted octanol–water partition coefficient (Wildman–Crippen LogP) is 2.91. The molecule has 1 aromatic rings. The molecule has 2 atom stereocenters. The Morgan fingerprint density at radius 3 is 2.44 bits per heavy atom. The van der Waals surface area contributed by atoms with Crippen LogP contribution in [0.5, 0.6) is 5.75 Å². The third-order valence-electron chi connectivity index (χ3n) is 3.96. The van der Waals surface area contributed by atoms with Gasteiger partial charge in [-0.2, -0.15) is 0 Å². The molecule has 0 heterocycles. The summed E-state index contributed by atoms with van der Waals surface area (Å²) >= 11 is 0. The quantitative estimate of drug-likeness (QED) is 0.843. The van der Waals surface area contributed by atoms with Gasteiger partial charge in [0.05, 0.1) is 7.11 Å². The summed E-state index contributed by atoms with van der Waals surface area (Å²) in [6.07, 6.45) is 4.97. The molecule has 1 aliphatic carbocycles. The summed E-state index contributed by atoms with van der Waals surface area (Å²) in [4.78, 5) is 0. The topological polar surface area (TPSA) is 41.5 Å². The van der Waals surface area contributed by atoms with Crippen LogP contribution in [0.3, 0.4) is 0 Å². The number of anilines is 1. The molecule has 1 aliphatic rings. The third-order valence-corrected chi connectivity index (χ3v) is 3.96. The van der Waals surface area contributed by atoms with Crippen LogP contribution in [0.15, 0.2) is 24.3 Å². The lowest BCUT2D eigenvalue weighted by atomic mass is 9.79. The smallest absolute Gasteiger partial charge is 0.119 e. The lowest BCUT2D eigenvalue weighted by Gasteiger charge is -2.30. The largest absolute Gasteiger partial charge is 0.497 e. The lowest BCUT2D eigenvalue weighted by molar-refractivity contribution is 0.141. The fourth-order valence-electron chi connectivity index (χ4n) is 2.75. The highest BCUT2D eigenvalue weighted by Gasteiger charge is 2.23. The summed E-state index contributed by atoms with van der Waals surface area (Å²) in [5.41, 5.74) is 1.12. The van der Waals surface area contributed by atoms with E-state index in [2.05, 4.69) is 5.32 Å². The molecular weight excluding hydrogens is 226 g/mol. The van der Waals surface area contributed by atoms with E-state index in [-0.39, 0.29) is 0 Å². The molecule has 18 heavy (non-hydrogen) atoms. The molecule has 0 spiro atoms. The summed E-state index contributed by atoms with van der Waals surface area (Å²) in [6, 6.07) is 8.00. The van der Waals surface area contributed by atoms with E-state index in [1.54, 1.807) is 7.11 Å². The molecule has 1 aromatic carbocycles. The first-order chi connectivity index (χ1) is 8.83. The number of ether oxygens (including phenoxy) is 1. The van der Waals surface area contributed by atoms with E-state index in [1.807, 2.05) is 24.3 Å². The van der Waals surface area contributed by atoms with Crippen LogP contribution in [-0.4, -0.2) is 25.4 Å². The number of aliphatic hydroxyl groups is 1. The Morgan fingerprint density at radius 2 is 1.83 bits per heavy atom. The minimum absolute atomic E-state index is 0.328. The van der Waals surface area contributed by atoms with Gasteiger partial charge in [0.25, 0.3) is 0 Å². The highest BCUT2D eigenvalue weighted by molar-refractivity contribution is 5.46. The van der Waals surface area contributed by atoms with Crippen molar-refractivity contribution in [2.75, 3.05) is 25.6 Å². The summed E-state index contributed by atoms with van der Waals surface area (Å²) < 4.78 is 5.14. The molecule has 100 valence electrons. The Hall–Kier alpha value is -1.22. The molecular formula is C15H23NO2. The molecule has 0 aromatic heterocycles. The van der Waals surface area contributed by atoms with Gasteiger partial charge in [0.2, 0.25) is 0 Å². The third kappa shape index (κ3) is 3.39. The number of hydrogen-bond donors (Lipinski definition) is 2. The zero-order valence-electron chi connectivity index (χ0n) is 11.1. The molecule has 1 fully saturated rings. The van der Waals surface area contributed by atoms with Gasteiger partial charge in [-0.3, -0.25) is 0 Å². The monoisotopic (exact) mass is 249 g/mol. The molecule has 0 saturated heterocycles. The fraction of sp³-hybridized carbons (Fsp3) is 0.600. The van der Waals surface area contributed by atoms with E-state index in [4.69, 9.17) is 4.74 Å². The molecule has 2 rings (SSSR count). The summed E-state index contributed by atoms with van der Waals surface area (Å²) in [5, 5.41) is 12.8. The van der Waals surface area contributed by atoms with Gasteiger partial charge < -0.3 is 15.2 Å². The van der Waals surface area contributed by atoms with Crippen LogP contribution in [0.2, 0.25) is 0 Å². The normalized spacial score (nSPS) is 23.7. The minimum atomic E-state index is 0.328. The maximum absolute atomic E-state index is 9.38. The molecule has 3 heteroatoms. The number of aliphatic hydroxyl groups excluding tert-OH is 1. The maximum Gasteiger partial charge on any atom is 0.119 e. The van der Waals surface area contributed by atoms with Crippen molar-refractivity contribution in [3.8, 4) is 5.75 Å². The van der Waals surface area contributed by atoms with Crippen molar-refractivity contribution in [2.24, 2.45) is 11.8 Å². The highest BCUT2D eigenvalue weighted by atomic mass is 16.5. The number of hydrogen-bond acceptors (Lipinski definition) is 3. The summed E-state index contributed by atoms with van der Waals surface area (Å²) in [7, 11) is 1.68. The minimum Gasteiger partial charge on any atom is -0.497 e. The van der Waals surface area contributed by atoms with Crippen molar-refractivity contribution in [2.45, 2.75) is 25.7 Å². The van der Waals surface area contributed by atoms with Gasteiger partial charge in [0, 0.05) is 18.8 Å². The van der Waals surface area contributed by atoms with Crippen molar-refractivity contribution in [1.82, 2.24) is 0 Å². The maximum atomic E-state index is 9.38. The average molecular weight is 249 g/mol. The Bertz CT molecular complexity index is 350. The van der Waals surface area contributed by atoms with Gasteiger partial charge in [-0.15, -0.1) is 0 Å². The van der Waals surface area contributed by atoms with Gasteiger partial charge in [-0.25, -0.2) is 0 Å². The van der Waals surface area contributed by atoms with Gasteiger partial charge in [0.1, 0.15) is 5.75 Å². The van der Waals surface area contributed by atoms with Crippen LogP contribution in [0.4, 0.5) is 5.69 Å². The van der Waals surface area contributed by atoms with Crippen LogP contribution in [0.25, 0.3) is 0 Å². The van der Waals surface area contributed by atoms with Crippen LogP contribution in [-0.2, 0) is 0 Å². The molecule has 0 aliphatic heterocycles. The zero-order chi connectivity index (χ0) is 12.8. The standard InChI is InChI=1S/C15H23NO2/c1-18-15-8-6-14(7-9-15)16-10-12-4-2-3-5-13(12)11-17/h6-9,12-13,16-17H,2-5,10-11H2,1H3. The first-order valence-corrected chi connectivity index (χ1v) is 6.82. The van der Waals surface area contributed by atoms with Crippen LogP contribution in [0, 0.1) is 11.8 Å². The Balaban J connectivity index is 1.85. The van der Waals surface area contributed by atoms with Crippen LogP contribution < -0.4 is 10.1 Å². The summed E-state index contributed by atoms with van der Waals surface area (Å²) in [6.45, 7) is 1.28. The average Bonchev–Trinajstić information content (AvgIpc) is 2.46. The molecule has 3 nitrogen and oxygen atoms in total. The fourth-order valence-corrected chi connectivity index (χ4v) is 2.75. The molecule has 0 radical (unpaired) electrons. The summed E-state index contributed by atoms with van der Waals surface area (Å²) in [5.74, 6) is 1.96. The van der Waals surface area contributed by atoms with E-state index in [1.165, 1.54) is 25.7 Å². The SMILES string of the molecule is COc1ccc(NCC2CCCCC2CO)cc1. The highest BCUT2D eigenvalue weighted by Crippen LogP contribution is 2.30. The number of rotatable bonds is 5. The molecule has 0 amide bonds. The van der Waals surface area contributed by atoms with Crippen molar-refractivity contribution >= 4 is 5.69 Å². The lowest BCUT2D eigenvalue weighted by Crippen LogP contribution is -2.28. The van der Waals surface area contributed by atoms with E-state index < -0.39 is 0 Å². The van der Waals surface area contributed by atoms with E-state index >= 15 is 0 Å². The Kier molecular flexibility index (Phi) is 4.88. The number of benzene rings is 1. The van der Waals surface area contributed by atoms with E-state index in [0.29, 0.717) is 18.4 Å². The van der Waals surface area contributed by atoms with E-state index in [9.17, 15) is 5.11 Å². The van der Waals surface area contributed by atoms with E-state index in [0.717, 1.165) is 18.0 Å². The number of nitrogens with one attached hydrogen (secondary N) is 1. The molecule has 0 bridgehead atoms. The zero-order valence-corrected chi connectivity index (χ0v) is 11.1. The van der Waals surface area contributed by atoms with Crippen molar-refractivity contribution in [3.05, 3.63) is 24.3 Å². The van der Waals surface area contributed by atoms with Crippen molar-refractivity contribution in [1.29, 1.82) is 0 Å². The first-order valence-electron chi connectivity index (χ1n) is 6.82.